The van der Waals surface area contributed by atoms with Crippen LogP contribution in [0.4, 0.5) is 11.5 Å². The number of hydrogen-bond donors (Lipinski definition) is 2. The van der Waals surface area contributed by atoms with Crippen molar-refractivity contribution in [2.45, 2.75) is 86.7 Å². The first-order chi connectivity index (χ1) is 19.6. The Bertz CT molecular complexity index is 1370. The van der Waals surface area contributed by atoms with Gasteiger partial charge in [0.1, 0.15) is 16.9 Å². The number of aromatic amines is 1. The first kappa shape index (κ1) is 32.0. The predicted octanol–water partition coefficient (Wildman–Crippen LogP) is 5.96. The van der Waals surface area contributed by atoms with Gasteiger partial charge in [-0.1, -0.05) is 41.0 Å². The number of piperazine rings is 1. The fourth-order valence-corrected chi connectivity index (χ4v) is 5.70. The largest absolute Gasteiger partial charge is 0.460 e. The SMILES string of the molecule is CCCCc1nc2c(N)nc3ccc(N4CCN(CC(C)(C)COCC(C)(C)CC(=O)OC(C)(C)C)CC4)cc3c2[nH]1. The number of nitrogens with zero attached hydrogens (tertiary/aromatic N) is 4. The normalized spacial score (nSPS) is 15.6. The van der Waals surface area contributed by atoms with Crippen molar-refractivity contribution in [2.24, 2.45) is 10.8 Å². The summed E-state index contributed by atoms with van der Waals surface area (Å²) in [4.78, 5) is 30.2. The molecule has 3 N–H and O–H groups in total. The van der Waals surface area contributed by atoms with Crippen LogP contribution in [-0.4, -0.2) is 77.4 Å². The second kappa shape index (κ2) is 12.8. The molecule has 1 fully saturated rings. The summed E-state index contributed by atoms with van der Waals surface area (Å²) in [5.41, 5.74) is 9.38. The summed E-state index contributed by atoms with van der Waals surface area (Å²) in [6.45, 7) is 22.5. The molecule has 2 aromatic heterocycles. The molecular formula is C33H52N6O3. The van der Waals surface area contributed by atoms with Crippen molar-refractivity contribution < 1.29 is 14.3 Å². The summed E-state index contributed by atoms with van der Waals surface area (Å²) in [5.74, 6) is 1.28. The van der Waals surface area contributed by atoms with Crippen molar-refractivity contribution in [1.29, 1.82) is 0 Å². The van der Waals surface area contributed by atoms with E-state index in [1.807, 2.05) is 20.8 Å². The van der Waals surface area contributed by atoms with Crippen LogP contribution in [0.5, 0.6) is 0 Å². The number of rotatable bonds is 12. The molecule has 232 valence electrons. The van der Waals surface area contributed by atoms with Crippen molar-refractivity contribution in [3.05, 3.63) is 24.0 Å². The van der Waals surface area contributed by atoms with Crippen molar-refractivity contribution in [3.8, 4) is 0 Å². The van der Waals surface area contributed by atoms with Crippen LogP contribution in [0.1, 0.15) is 80.5 Å². The van der Waals surface area contributed by atoms with Gasteiger partial charge in [0.05, 0.1) is 30.7 Å². The highest BCUT2D eigenvalue weighted by atomic mass is 16.6. The lowest BCUT2D eigenvalue weighted by Crippen LogP contribution is -2.49. The zero-order valence-electron chi connectivity index (χ0n) is 27.1. The third-order valence-electron chi connectivity index (χ3n) is 7.67. The fraction of sp³-hybridized carbons (Fsp3) is 0.667. The Balaban J connectivity index is 1.31. The van der Waals surface area contributed by atoms with E-state index in [4.69, 9.17) is 20.2 Å². The minimum absolute atomic E-state index is 0.000422. The minimum Gasteiger partial charge on any atom is -0.460 e. The number of nitrogen functional groups attached to an aromatic ring is 1. The van der Waals surface area contributed by atoms with Crippen molar-refractivity contribution in [2.75, 3.05) is 56.6 Å². The number of nitrogens with two attached hydrogens (primary N) is 1. The maximum Gasteiger partial charge on any atom is 0.306 e. The van der Waals surface area contributed by atoms with Gasteiger partial charge in [-0.25, -0.2) is 9.97 Å². The van der Waals surface area contributed by atoms with Crippen molar-refractivity contribution in [1.82, 2.24) is 19.9 Å². The number of pyridine rings is 1. The monoisotopic (exact) mass is 580 g/mol. The zero-order chi connectivity index (χ0) is 30.7. The molecule has 0 amide bonds. The molecule has 9 nitrogen and oxygen atoms in total. The molecule has 0 aliphatic carbocycles. The number of ether oxygens (including phenoxy) is 2. The number of carbonyl (C=O) groups excluding carboxylic acids is 1. The van der Waals surface area contributed by atoms with Crippen LogP contribution in [-0.2, 0) is 20.7 Å². The molecule has 1 aromatic carbocycles. The molecule has 0 unspecified atom stereocenters. The number of aromatic nitrogens is 3. The summed E-state index contributed by atoms with van der Waals surface area (Å²) in [6.07, 6.45) is 3.48. The molecule has 1 saturated heterocycles. The van der Waals surface area contributed by atoms with Gasteiger partial charge >= 0.3 is 5.97 Å². The van der Waals surface area contributed by atoms with E-state index in [0.29, 0.717) is 25.5 Å². The van der Waals surface area contributed by atoms with Gasteiger partial charge in [-0.3, -0.25) is 9.69 Å². The molecule has 0 radical (unpaired) electrons. The third kappa shape index (κ3) is 8.57. The van der Waals surface area contributed by atoms with Crippen LogP contribution < -0.4 is 10.6 Å². The number of anilines is 2. The Hall–Kier alpha value is -2.91. The van der Waals surface area contributed by atoms with E-state index in [1.165, 1.54) is 5.69 Å². The molecule has 9 heteroatoms. The molecule has 1 aliphatic rings. The van der Waals surface area contributed by atoms with Crippen LogP contribution >= 0.6 is 0 Å². The summed E-state index contributed by atoms with van der Waals surface area (Å²) in [5, 5.41) is 1.07. The highest BCUT2D eigenvalue weighted by molar-refractivity contribution is 6.07. The van der Waals surface area contributed by atoms with E-state index < -0.39 is 5.60 Å². The Kier molecular flexibility index (Phi) is 9.72. The van der Waals surface area contributed by atoms with Gasteiger partial charge in [-0.05, 0) is 50.8 Å². The Labute approximate surface area is 251 Å². The van der Waals surface area contributed by atoms with E-state index in [-0.39, 0.29) is 16.8 Å². The van der Waals surface area contributed by atoms with Gasteiger partial charge in [-0.15, -0.1) is 0 Å². The van der Waals surface area contributed by atoms with E-state index in [1.54, 1.807) is 0 Å². The van der Waals surface area contributed by atoms with Gasteiger partial charge in [0, 0.05) is 55.6 Å². The molecule has 4 rings (SSSR count). The molecule has 0 spiro atoms. The predicted molar refractivity (Wildman–Crippen MR) is 172 cm³/mol. The number of unbranched alkanes of at least 4 members (excludes halogenated alkanes) is 1. The van der Waals surface area contributed by atoms with E-state index >= 15 is 0 Å². The average Bonchev–Trinajstić information content (AvgIpc) is 3.31. The van der Waals surface area contributed by atoms with Gasteiger partial charge in [0.2, 0.25) is 0 Å². The van der Waals surface area contributed by atoms with Gasteiger partial charge in [0.25, 0.3) is 0 Å². The number of hydrogen-bond acceptors (Lipinski definition) is 8. The second-order valence-corrected chi connectivity index (χ2v) is 14.6. The quantitative estimate of drug-likeness (QED) is 0.253. The Morgan fingerprint density at radius 1 is 1.00 bits per heavy atom. The van der Waals surface area contributed by atoms with Crippen LogP contribution in [0.15, 0.2) is 18.2 Å². The fourth-order valence-electron chi connectivity index (χ4n) is 5.70. The summed E-state index contributed by atoms with van der Waals surface area (Å²) < 4.78 is 11.7. The average molecular weight is 581 g/mol. The molecule has 42 heavy (non-hydrogen) atoms. The second-order valence-electron chi connectivity index (χ2n) is 14.6. The lowest BCUT2D eigenvalue weighted by molar-refractivity contribution is -0.158. The number of carbonyl (C=O) groups is 1. The lowest BCUT2D eigenvalue weighted by Gasteiger charge is -2.40. The number of H-pyrrole nitrogens is 1. The van der Waals surface area contributed by atoms with Crippen molar-refractivity contribution >= 4 is 39.4 Å². The molecule has 3 heterocycles. The standard InChI is InChI=1S/C33H52N6O3/c1-9-10-11-26-36-28-24-18-23(12-13-25(24)35-30(34)29(28)37-26)39-16-14-38(15-17-39)20-33(7,8)22-41-21-32(5,6)19-27(40)42-31(2,3)4/h12-13,18H,9-11,14-17,19-22H2,1-8H3,(H2,34,35)(H,36,37). The van der Waals surface area contributed by atoms with E-state index in [9.17, 15) is 4.79 Å². The van der Waals surface area contributed by atoms with Gasteiger partial charge < -0.3 is 25.1 Å². The first-order valence-electron chi connectivity index (χ1n) is 15.5. The lowest BCUT2D eigenvalue weighted by atomic mass is 9.89. The maximum absolute atomic E-state index is 12.3. The number of benzene rings is 1. The molecule has 0 saturated carbocycles. The Morgan fingerprint density at radius 2 is 1.69 bits per heavy atom. The maximum atomic E-state index is 12.3. The highest BCUT2D eigenvalue weighted by Crippen LogP contribution is 2.31. The number of esters is 1. The van der Waals surface area contributed by atoms with Crippen LogP contribution in [0.2, 0.25) is 0 Å². The highest BCUT2D eigenvalue weighted by Gasteiger charge is 2.29. The number of nitrogens with one attached hydrogen (secondary N) is 1. The first-order valence-corrected chi connectivity index (χ1v) is 15.5. The summed E-state index contributed by atoms with van der Waals surface area (Å²) in [7, 11) is 0. The van der Waals surface area contributed by atoms with E-state index in [2.05, 4.69) is 72.6 Å². The van der Waals surface area contributed by atoms with Gasteiger partial charge in [0.15, 0.2) is 5.82 Å². The molecule has 3 aromatic rings. The molecule has 0 bridgehead atoms. The Morgan fingerprint density at radius 3 is 2.36 bits per heavy atom. The van der Waals surface area contributed by atoms with Crippen LogP contribution in [0.25, 0.3) is 21.9 Å². The number of imidazole rings is 1. The third-order valence-corrected chi connectivity index (χ3v) is 7.67. The smallest absolute Gasteiger partial charge is 0.306 e. The number of aryl methyl sites for hydroxylation is 1. The van der Waals surface area contributed by atoms with Gasteiger partial charge in [-0.2, -0.15) is 0 Å². The summed E-state index contributed by atoms with van der Waals surface area (Å²) in [6, 6.07) is 6.46. The van der Waals surface area contributed by atoms with Crippen molar-refractivity contribution in [3.63, 3.8) is 0 Å². The van der Waals surface area contributed by atoms with Crippen LogP contribution in [0, 0.1) is 10.8 Å². The zero-order valence-corrected chi connectivity index (χ0v) is 27.1. The van der Waals surface area contributed by atoms with Crippen LogP contribution in [0.3, 0.4) is 0 Å². The molecule has 1 aliphatic heterocycles. The summed E-state index contributed by atoms with van der Waals surface area (Å²) >= 11 is 0. The van der Waals surface area contributed by atoms with E-state index in [0.717, 1.165) is 79.7 Å². The molecule has 0 atom stereocenters. The number of fused-ring (bicyclic) bond motifs is 3. The topological polar surface area (TPSA) is 110 Å². The minimum atomic E-state index is -0.468. The molecular weight excluding hydrogens is 528 g/mol.